The van der Waals surface area contributed by atoms with Gasteiger partial charge in [0.05, 0.1) is 6.10 Å². The smallest absolute Gasteiger partial charge is 0.387 e. The fourth-order valence-electron chi connectivity index (χ4n) is 2.85. The molecule has 1 aliphatic heterocycles. The van der Waals surface area contributed by atoms with E-state index in [2.05, 4.69) is 35.0 Å². The van der Waals surface area contributed by atoms with Gasteiger partial charge in [-0.25, -0.2) is 23.5 Å². The Hall–Kier alpha value is -1.54. The van der Waals surface area contributed by atoms with Gasteiger partial charge in [0, 0.05) is 0 Å². The highest BCUT2D eigenvalue weighted by atomic mass is 31.3. The Morgan fingerprint density at radius 2 is 1.85 bits per heavy atom. The van der Waals surface area contributed by atoms with Gasteiger partial charge in [0.25, 0.3) is 0 Å². The summed E-state index contributed by atoms with van der Waals surface area (Å²) in [6.45, 7) is 2.42. The Kier molecular flexibility index (Phi) is 8.06. The van der Waals surface area contributed by atoms with E-state index in [0.29, 0.717) is 0 Å². The number of phosphoric acid groups is 3. The van der Waals surface area contributed by atoms with Crippen LogP contribution in [0.5, 0.6) is 0 Å². The number of aliphatic hydroxyl groups excluding tert-OH is 1. The third-order valence-electron chi connectivity index (χ3n) is 4.01. The average molecular weight is 535 g/mol. The van der Waals surface area contributed by atoms with Crippen molar-refractivity contribution in [3.63, 3.8) is 0 Å². The Morgan fingerprint density at radius 3 is 2.36 bits per heavy atom. The highest BCUT2D eigenvalue weighted by molar-refractivity contribution is 7.66. The summed E-state index contributed by atoms with van der Waals surface area (Å²) in [5, 5.41) is 10.7. The number of rotatable bonds is 8. The molecule has 0 spiro atoms. The van der Waals surface area contributed by atoms with E-state index in [1.165, 1.54) is 6.92 Å². The van der Waals surface area contributed by atoms with Gasteiger partial charge in [-0.2, -0.15) is 13.6 Å². The molecule has 7 atom stereocenters. The van der Waals surface area contributed by atoms with Crippen LogP contribution < -0.4 is 17.2 Å². The molecule has 186 valence electrons. The van der Waals surface area contributed by atoms with Gasteiger partial charge in [0.2, 0.25) is 5.95 Å². The molecule has 21 heteroatoms. The van der Waals surface area contributed by atoms with Crippen molar-refractivity contribution < 1.29 is 56.3 Å². The summed E-state index contributed by atoms with van der Waals surface area (Å²) in [7, 11) is -16.9. The Balaban J connectivity index is 2.31. The van der Waals surface area contributed by atoms with E-state index in [0.717, 1.165) is 17.8 Å². The molecule has 0 amide bonds. The third-order valence-corrected chi connectivity index (χ3v) is 7.94. The van der Waals surface area contributed by atoms with Crippen LogP contribution in [0, 0.1) is 11.8 Å². The highest BCUT2D eigenvalue weighted by Crippen LogP contribution is 2.66. The van der Waals surface area contributed by atoms with Gasteiger partial charge in [0.15, 0.2) is 11.8 Å². The molecule has 33 heavy (non-hydrogen) atoms. The maximum absolute atomic E-state index is 12.2. The molecule has 2 rings (SSSR count). The molecule has 4 unspecified atom stereocenters. The van der Waals surface area contributed by atoms with Gasteiger partial charge in [-0.05, 0) is 13.8 Å². The molecular weight excluding hydrogens is 515 g/mol. The molecule has 0 bridgehead atoms. The SMILES string of the molecule is CC#CC1(N)C(O)[C@@H]([C@H](C)OP(=O)(O)OP(=O)(O)OP(=O)(O)O)O[C@H]1n1cnc(N)nc1=O. The fraction of sp³-hybridized carbons (Fsp3) is 0.583. The normalized spacial score (nSPS) is 30.0. The van der Waals surface area contributed by atoms with Crippen LogP contribution >= 0.6 is 23.5 Å². The lowest BCUT2D eigenvalue weighted by molar-refractivity contribution is -0.0757. The topological polar surface area (TPSA) is 289 Å². The number of hydrogen-bond donors (Lipinski definition) is 7. The number of nitrogen functional groups attached to an aromatic ring is 1. The lowest BCUT2D eigenvalue weighted by Gasteiger charge is -2.28. The molecule has 0 saturated carbocycles. The van der Waals surface area contributed by atoms with Crippen molar-refractivity contribution in [2.45, 2.75) is 43.9 Å². The van der Waals surface area contributed by atoms with Crippen molar-refractivity contribution in [2.75, 3.05) is 5.73 Å². The van der Waals surface area contributed by atoms with E-state index >= 15 is 0 Å². The first-order valence-electron chi connectivity index (χ1n) is 8.50. The second-order valence-electron chi connectivity index (χ2n) is 6.51. The summed E-state index contributed by atoms with van der Waals surface area (Å²) in [6.07, 6.45) is -5.68. The third kappa shape index (κ3) is 6.75. The number of ether oxygens (including phenoxy) is 1. The lowest BCUT2D eigenvalue weighted by Crippen LogP contribution is -2.55. The first-order valence-corrected chi connectivity index (χ1v) is 13.0. The number of aliphatic hydroxyl groups is 1. The maximum Gasteiger partial charge on any atom is 0.490 e. The van der Waals surface area contributed by atoms with Crippen LogP contribution in [0.15, 0.2) is 11.1 Å². The van der Waals surface area contributed by atoms with Crippen LogP contribution in [0.4, 0.5) is 5.95 Å². The van der Waals surface area contributed by atoms with Gasteiger partial charge >= 0.3 is 29.2 Å². The molecule has 0 aliphatic carbocycles. The molecule has 1 aromatic heterocycles. The monoisotopic (exact) mass is 535 g/mol. The Bertz CT molecular complexity index is 1160. The molecule has 9 N–H and O–H groups in total. The Labute approximate surface area is 184 Å². The van der Waals surface area contributed by atoms with Crippen molar-refractivity contribution in [3.8, 4) is 11.8 Å². The summed E-state index contributed by atoms with van der Waals surface area (Å²) >= 11 is 0. The van der Waals surface area contributed by atoms with Gasteiger partial charge in [-0.3, -0.25) is 9.09 Å². The van der Waals surface area contributed by atoms with Gasteiger partial charge in [-0.1, -0.05) is 5.92 Å². The minimum absolute atomic E-state index is 0.364. The average Bonchev–Trinajstić information content (AvgIpc) is 2.83. The van der Waals surface area contributed by atoms with Crippen LogP contribution in [-0.2, 0) is 31.6 Å². The number of aromatic nitrogens is 3. The van der Waals surface area contributed by atoms with Crippen LogP contribution in [0.25, 0.3) is 0 Å². The van der Waals surface area contributed by atoms with Crippen molar-refractivity contribution in [1.82, 2.24) is 14.5 Å². The lowest BCUT2D eigenvalue weighted by atomic mass is 9.90. The second kappa shape index (κ2) is 9.61. The summed E-state index contributed by atoms with van der Waals surface area (Å²) in [5.74, 6) is 4.55. The van der Waals surface area contributed by atoms with Gasteiger partial charge in [0.1, 0.15) is 18.5 Å². The minimum atomic E-state index is -5.77. The molecular formula is C12H20N5O13P3. The number of phosphoric ester groups is 1. The van der Waals surface area contributed by atoms with E-state index in [4.69, 9.17) is 26.0 Å². The zero-order valence-corrected chi connectivity index (χ0v) is 19.4. The van der Waals surface area contributed by atoms with Crippen molar-refractivity contribution >= 4 is 29.4 Å². The largest absolute Gasteiger partial charge is 0.490 e. The molecule has 1 fully saturated rings. The first kappa shape index (κ1) is 27.7. The summed E-state index contributed by atoms with van der Waals surface area (Å²) < 4.78 is 52.4. The number of nitrogens with two attached hydrogens (primary N) is 2. The van der Waals surface area contributed by atoms with E-state index in [1.807, 2.05) is 0 Å². The molecule has 1 saturated heterocycles. The molecule has 18 nitrogen and oxygen atoms in total. The van der Waals surface area contributed by atoms with Crippen LogP contribution in [-0.4, -0.2) is 63.1 Å². The molecule has 0 aromatic carbocycles. The van der Waals surface area contributed by atoms with Crippen molar-refractivity contribution in [2.24, 2.45) is 5.73 Å². The van der Waals surface area contributed by atoms with Crippen LogP contribution in [0.2, 0.25) is 0 Å². The molecule has 1 aromatic rings. The second-order valence-corrected chi connectivity index (χ2v) is 10.9. The first-order chi connectivity index (χ1) is 14.9. The number of hydrogen-bond acceptors (Lipinski definition) is 13. The predicted octanol–water partition coefficient (Wildman–Crippen LogP) is -2.07. The van der Waals surface area contributed by atoms with E-state index in [9.17, 15) is 33.4 Å². The standard InChI is InChI=1S/C12H20N5O13P3/c1-3-4-12(14)8(18)7(27-9(12)17-5-15-10(13)16-11(17)19)6(2)28-32(23,24)30-33(25,26)29-31(20,21)22/h5-9,18H,14H2,1-2H3,(H,23,24)(H,25,26)(H2,13,16,19)(H2,20,21,22)/t6-,7+,8?,9+,12?/m0/s1. The van der Waals surface area contributed by atoms with E-state index < -0.39 is 59.2 Å². The van der Waals surface area contributed by atoms with Crippen LogP contribution in [0.3, 0.4) is 0 Å². The molecule has 2 heterocycles. The van der Waals surface area contributed by atoms with E-state index in [1.54, 1.807) is 0 Å². The summed E-state index contributed by atoms with van der Waals surface area (Å²) in [5.41, 5.74) is 8.51. The molecule has 0 radical (unpaired) electrons. The summed E-state index contributed by atoms with van der Waals surface area (Å²) in [6, 6.07) is 0. The zero-order chi connectivity index (χ0) is 25.4. The Morgan fingerprint density at radius 1 is 1.24 bits per heavy atom. The van der Waals surface area contributed by atoms with E-state index in [-0.39, 0.29) is 5.95 Å². The van der Waals surface area contributed by atoms with Crippen LogP contribution in [0.1, 0.15) is 20.1 Å². The summed E-state index contributed by atoms with van der Waals surface area (Å²) in [4.78, 5) is 55.3. The predicted molar refractivity (Wildman–Crippen MR) is 105 cm³/mol. The molecule has 1 aliphatic rings. The maximum atomic E-state index is 12.2. The van der Waals surface area contributed by atoms with Crippen molar-refractivity contribution in [1.29, 1.82) is 0 Å². The van der Waals surface area contributed by atoms with Crippen molar-refractivity contribution in [3.05, 3.63) is 16.8 Å². The zero-order valence-electron chi connectivity index (χ0n) is 16.7. The number of anilines is 1. The minimum Gasteiger partial charge on any atom is -0.387 e. The number of nitrogens with zero attached hydrogens (tertiary/aromatic N) is 3. The van der Waals surface area contributed by atoms with Gasteiger partial charge in [-0.15, -0.1) is 5.92 Å². The highest BCUT2D eigenvalue weighted by Gasteiger charge is 2.57. The van der Waals surface area contributed by atoms with Gasteiger partial charge < -0.3 is 40.9 Å². The quantitative estimate of drug-likeness (QED) is 0.139. The fourth-order valence-corrected chi connectivity index (χ4v) is 6.05.